The Morgan fingerprint density at radius 1 is 1.27 bits per heavy atom. The zero-order valence-corrected chi connectivity index (χ0v) is 12.9. The molecule has 0 fully saturated rings. The smallest absolute Gasteiger partial charge is 0.262 e. The average Bonchev–Trinajstić information content (AvgIpc) is 2.99. The maximum Gasteiger partial charge on any atom is 0.262 e. The Balaban J connectivity index is 1.66. The first-order valence-electron chi connectivity index (χ1n) is 6.88. The van der Waals surface area contributed by atoms with E-state index in [1.807, 2.05) is 36.6 Å². The van der Waals surface area contributed by atoms with Crippen molar-refractivity contribution in [1.29, 1.82) is 0 Å². The predicted octanol–water partition coefficient (Wildman–Crippen LogP) is 2.08. The maximum atomic E-state index is 12.2. The number of thiophene rings is 1. The molecule has 0 bridgehead atoms. The lowest BCUT2D eigenvalue weighted by Crippen LogP contribution is -2.32. The lowest BCUT2D eigenvalue weighted by molar-refractivity contribution is -0.121. The largest absolute Gasteiger partial charge is 0.350 e. The van der Waals surface area contributed by atoms with Gasteiger partial charge in [0.25, 0.3) is 5.56 Å². The number of benzene rings is 1. The molecule has 0 aliphatic rings. The molecule has 0 spiro atoms. The number of fused-ring (bicyclic) bond motifs is 1. The van der Waals surface area contributed by atoms with Gasteiger partial charge in [0.05, 0.1) is 11.7 Å². The number of hydrogen-bond donors (Lipinski definition) is 1. The van der Waals surface area contributed by atoms with Crippen LogP contribution in [0.4, 0.5) is 0 Å². The summed E-state index contributed by atoms with van der Waals surface area (Å²) in [5.41, 5.74) is 2.02. The van der Waals surface area contributed by atoms with E-state index in [1.165, 1.54) is 27.8 Å². The number of aryl methyl sites for hydroxylation is 1. The summed E-state index contributed by atoms with van der Waals surface area (Å²) in [6, 6.07) is 9.68. The molecule has 0 saturated carbocycles. The van der Waals surface area contributed by atoms with Crippen LogP contribution in [-0.2, 0) is 17.9 Å². The van der Waals surface area contributed by atoms with Gasteiger partial charge in [-0.3, -0.25) is 14.2 Å². The molecule has 0 radical (unpaired) electrons. The van der Waals surface area contributed by atoms with Gasteiger partial charge in [0.1, 0.15) is 11.4 Å². The molecule has 3 aromatic rings. The zero-order valence-electron chi connectivity index (χ0n) is 12.1. The SMILES string of the molecule is Cc1ccc(CNC(=O)Cn2cnc3sccc3c2=O)cc1. The molecule has 3 rings (SSSR count). The van der Waals surface area contributed by atoms with Gasteiger partial charge in [-0.05, 0) is 23.9 Å². The van der Waals surface area contributed by atoms with E-state index in [0.29, 0.717) is 16.8 Å². The second-order valence-electron chi connectivity index (χ2n) is 5.08. The number of carbonyl (C=O) groups excluding carboxylic acids is 1. The molecule has 112 valence electrons. The van der Waals surface area contributed by atoms with Crippen LogP contribution in [-0.4, -0.2) is 15.5 Å². The fourth-order valence-corrected chi connectivity index (χ4v) is 2.85. The van der Waals surface area contributed by atoms with Crippen LogP contribution in [0.3, 0.4) is 0 Å². The van der Waals surface area contributed by atoms with Crippen molar-refractivity contribution in [2.45, 2.75) is 20.0 Å². The predicted molar refractivity (Wildman–Crippen MR) is 86.9 cm³/mol. The van der Waals surface area contributed by atoms with Gasteiger partial charge < -0.3 is 5.32 Å². The van der Waals surface area contributed by atoms with Gasteiger partial charge in [-0.2, -0.15) is 0 Å². The molecular formula is C16H15N3O2S. The molecule has 0 aliphatic carbocycles. The van der Waals surface area contributed by atoms with Crippen molar-refractivity contribution < 1.29 is 4.79 Å². The molecule has 0 aliphatic heterocycles. The topological polar surface area (TPSA) is 64.0 Å². The van der Waals surface area contributed by atoms with E-state index in [9.17, 15) is 9.59 Å². The van der Waals surface area contributed by atoms with Crippen LogP contribution in [0, 0.1) is 6.92 Å². The zero-order chi connectivity index (χ0) is 15.5. The highest BCUT2D eigenvalue weighted by Gasteiger charge is 2.08. The fraction of sp³-hybridized carbons (Fsp3) is 0.188. The molecule has 5 nitrogen and oxygen atoms in total. The van der Waals surface area contributed by atoms with Crippen LogP contribution < -0.4 is 10.9 Å². The molecular weight excluding hydrogens is 298 g/mol. The molecule has 0 unspecified atom stereocenters. The number of nitrogens with zero attached hydrogens (tertiary/aromatic N) is 2. The molecule has 1 amide bonds. The minimum Gasteiger partial charge on any atom is -0.350 e. The minimum atomic E-state index is -0.209. The van der Waals surface area contributed by atoms with Gasteiger partial charge in [-0.1, -0.05) is 29.8 Å². The Kier molecular flexibility index (Phi) is 4.02. The first kappa shape index (κ1) is 14.5. The van der Waals surface area contributed by atoms with E-state index in [0.717, 1.165) is 5.56 Å². The Morgan fingerprint density at radius 3 is 2.82 bits per heavy atom. The van der Waals surface area contributed by atoms with Crippen molar-refractivity contribution in [3.63, 3.8) is 0 Å². The summed E-state index contributed by atoms with van der Waals surface area (Å²) in [7, 11) is 0. The van der Waals surface area contributed by atoms with E-state index in [1.54, 1.807) is 6.07 Å². The molecule has 1 N–H and O–H groups in total. The molecule has 2 heterocycles. The van der Waals surface area contributed by atoms with Gasteiger partial charge in [-0.25, -0.2) is 4.98 Å². The third kappa shape index (κ3) is 3.07. The second-order valence-corrected chi connectivity index (χ2v) is 5.97. The highest BCUT2D eigenvalue weighted by atomic mass is 32.1. The minimum absolute atomic E-state index is 0.0243. The summed E-state index contributed by atoms with van der Waals surface area (Å²) < 4.78 is 1.33. The highest BCUT2D eigenvalue weighted by molar-refractivity contribution is 7.16. The second kappa shape index (κ2) is 6.11. The van der Waals surface area contributed by atoms with Crippen LogP contribution in [0.1, 0.15) is 11.1 Å². The van der Waals surface area contributed by atoms with Crippen molar-refractivity contribution >= 4 is 27.5 Å². The van der Waals surface area contributed by atoms with Gasteiger partial charge >= 0.3 is 0 Å². The lowest BCUT2D eigenvalue weighted by atomic mass is 10.1. The number of rotatable bonds is 4. The Bertz CT molecular complexity index is 865. The van der Waals surface area contributed by atoms with Gasteiger partial charge in [-0.15, -0.1) is 11.3 Å². The van der Waals surface area contributed by atoms with Gasteiger partial charge in [0, 0.05) is 6.54 Å². The Morgan fingerprint density at radius 2 is 2.05 bits per heavy atom. The number of amides is 1. The highest BCUT2D eigenvalue weighted by Crippen LogP contribution is 2.13. The molecule has 6 heteroatoms. The van der Waals surface area contributed by atoms with Crippen LogP contribution >= 0.6 is 11.3 Å². The molecule has 1 aromatic carbocycles. The van der Waals surface area contributed by atoms with Gasteiger partial charge in [0.15, 0.2) is 0 Å². The first-order valence-corrected chi connectivity index (χ1v) is 7.76. The summed E-state index contributed by atoms with van der Waals surface area (Å²) in [4.78, 5) is 29.0. The van der Waals surface area contributed by atoms with E-state index >= 15 is 0 Å². The Labute approximate surface area is 131 Å². The van der Waals surface area contributed by atoms with Crippen molar-refractivity contribution in [3.05, 3.63) is 63.5 Å². The fourth-order valence-electron chi connectivity index (χ4n) is 2.12. The summed E-state index contributed by atoms with van der Waals surface area (Å²) in [6.45, 7) is 2.44. The summed E-state index contributed by atoms with van der Waals surface area (Å²) in [5, 5.41) is 5.19. The number of nitrogens with one attached hydrogen (secondary N) is 1. The average molecular weight is 313 g/mol. The molecule has 22 heavy (non-hydrogen) atoms. The standard InChI is InChI=1S/C16H15N3O2S/c1-11-2-4-12(5-3-11)8-17-14(20)9-19-10-18-15-13(16(19)21)6-7-22-15/h2-7,10H,8-9H2,1H3,(H,17,20). The normalized spacial score (nSPS) is 10.8. The van der Waals surface area contributed by atoms with Crippen LogP contribution in [0.2, 0.25) is 0 Å². The molecule has 0 saturated heterocycles. The third-order valence-electron chi connectivity index (χ3n) is 3.37. The summed E-state index contributed by atoms with van der Waals surface area (Å²) in [6.07, 6.45) is 1.42. The number of carbonyl (C=O) groups is 1. The van der Waals surface area contributed by atoms with E-state index < -0.39 is 0 Å². The van der Waals surface area contributed by atoms with Crippen molar-refractivity contribution in [3.8, 4) is 0 Å². The van der Waals surface area contributed by atoms with E-state index in [-0.39, 0.29) is 18.0 Å². The molecule has 0 atom stereocenters. The van der Waals surface area contributed by atoms with Crippen LogP contribution in [0.5, 0.6) is 0 Å². The van der Waals surface area contributed by atoms with Crippen molar-refractivity contribution in [1.82, 2.24) is 14.9 Å². The third-order valence-corrected chi connectivity index (χ3v) is 4.20. The van der Waals surface area contributed by atoms with Crippen molar-refractivity contribution in [2.75, 3.05) is 0 Å². The summed E-state index contributed by atoms with van der Waals surface area (Å²) in [5.74, 6) is -0.209. The quantitative estimate of drug-likeness (QED) is 0.802. The lowest BCUT2D eigenvalue weighted by Gasteiger charge is -2.07. The summed E-state index contributed by atoms with van der Waals surface area (Å²) >= 11 is 1.41. The number of hydrogen-bond acceptors (Lipinski definition) is 4. The maximum absolute atomic E-state index is 12.2. The first-order chi connectivity index (χ1) is 10.6. The monoisotopic (exact) mass is 313 g/mol. The number of aromatic nitrogens is 2. The molecule has 2 aromatic heterocycles. The van der Waals surface area contributed by atoms with E-state index in [4.69, 9.17) is 0 Å². The van der Waals surface area contributed by atoms with Crippen molar-refractivity contribution in [2.24, 2.45) is 0 Å². The van der Waals surface area contributed by atoms with E-state index in [2.05, 4.69) is 10.3 Å². The van der Waals surface area contributed by atoms with Crippen LogP contribution in [0.15, 0.2) is 46.8 Å². The Hall–Kier alpha value is -2.47. The van der Waals surface area contributed by atoms with Crippen LogP contribution in [0.25, 0.3) is 10.2 Å². The van der Waals surface area contributed by atoms with Gasteiger partial charge in [0.2, 0.25) is 5.91 Å².